The molecule has 0 bridgehead atoms. The van der Waals surface area contributed by atoms with E-state index in [0.29, 0.717) is 49.7 Å². The van der Waals surface area contributed by atoms with Gasteiger partial charge in [0.25, 0.3) is 0 Å². The predicted molar refractivity (Wildman–Crippen MR) is 136 cm³/mol. The van der Waals surface area contributed by atoms with Gasteiger partial charge >= 0.3 is 0 Å². The van der Waals surface area contributed by atoms with Gasteiger partial charge in [0.15, 0.2) is 0 Å². The van der Waals surface area contributed by atoms with Crippen molar-refractivity contribution in [3.8, 4) is 11.5 Å². The van der Waals surface area contributed by atoms with Gasteiger partial charge in [0.2, 0.25) is 11.8 Å². The first-order valence-electron chi connectivity index (χ1n) is 12.0. The molecular formula is C28H31N3O4. The van der Waals surface area contributed by atoms with Crippen LogP contribution in [-0.2, 0) is 9.59 Å². The molecule has 2 amide bonds. The summed E-state index contributed by atoms with van der Waals surface area (Å²) in [4.78, 5) is 28.5. The molecule has 1 aliphatic heterocycles. The minimum Gasteiger partial charge on any atom is -0.506 e. The van der Waals surface area contributed by atoms with Crippen molar-refractivity contribution in [2.45, 2.75) is 25.8 Å². The molecule has 7 heteroatoms. The number of anilines is 2. The molecule has 3 aromatic carbocycles. The van der Waals surface area contributed by atoms with Crippen LogP contribution in [0.3, 0.4) is 0 Å². The molecule has 0 saturated carbocycles. The van der Waals surface area contributed by atoms with Crippen molar-refractivity contribution in [2.24, 2.45) is 5.92 Å². The first-order valence-corrected chi connectivity index (χ1v) is 12.0. The molecule has 7 nitrogen and oxygen atoms in total. The second-order valence-corrected chi connectivity index (χ2v) is 8.55. The Labute approximate surface area is 205 Å². The van der Waals surface area contributed by atoms with Crippen molar-refractivity contribution < 1.29 is 19.4 Å². The summed E-state index contributed by atoms with van der Waals surface area (Å²) in [5.41, 5.74) is 1.95. The largest absolute Gasteiger partial charge is 0.506 e. The Morgan fingerprint density at radius 3 is 2.23 bits per heavy atom. The van der Waals surface area contributed by atoms with E-state index in [-0.39, 0.29) is 23.5 Å². The Morgan fingerprint density at radius 1 is 0.914 bits per heavy atom. The summed E-state index contributed by atoms with van der Waals surface area (Å²) in [6, 6.07) is 23.3. The minimum atomic E-state index is -0.493. The number of benzene rings is 3. The Balaban J connectivity index is 1.46. The number of carbonyl (C=O) groups is 2. The maximum atomic E-state index is 13.5. The van der Waals surface area contributed by atoms with Gasteiger partial charge in [-0.3, -0.25) is 14.5 Å². The third-order valence-electron chi connectivity index (χ3n) is 6.24. The number of phenols is 1. The molecule has 1 saturated heterocycles. The van der Waals surface area contributed by atoms with Crippen molar-refractivity contribution >= 4 is 23.2 Å². The Hall–Kier alpha value is -3.84. The van der Waals surface area contributed by atoms with Crippen LogP contribution in [0.2, 0.25) is 0 Å². The fraction of sp³-hybridized carbons (Fsp3) is 0.286. The maximum absolute atomic E-state index is 13.5. The summed E-state index contributed by atoms with van der Waals surface area (Å²) in [5, 5.41) is 15.8. The number of nitrogens with one attached hydrogen (secondary N) is 2. The molecule has 1 fully saturated rings. The lowest BCUT2D eigenvalue weighted by Crippen LogP contribution is -2.44. The summed E-state index contributed by atoms with van der Waals surface area (Å²) < 4.78 is 5.68. The number of hydrogen-bond acceptors (Lipinski definition) is 5. The van der Waals surface area contributed by atoms with Crippen LogP contribution in [0, 0.1) is 5.92 Å². The van der Waals surface area contributed by atoms with Crippen LogP contribution < -0.4 is 15.4 Å². The van der Waals surface area contributed by atoms with E-state index in [4.69, 9.17) is 4.74 Å². The fourth-order valence-electron chi connectivity index (χ4n) is 4.45. The van der Waals surface area contributed by atoms with E-state index < -0.39 is 6.04 Å². The number of ether oxygens (including phenoxy) is 1. The van der Waals surface area contributed by atoms with Crippen molar-refractivity contribution in [3.63, 3.8) is 0 Å². The predicted octanol–water partition coefficient (Wildman–Crippen LogP) is 4.82. The molecule has 1 atom stereocenters. The molecule has 1 aliphatic rings. The second kappa shape index (κ2) is 11.5. The zero-order valence-electron chi connectivity index (χ0n) is 19.8. The summed E-state index contributed by atoms with van der Waals surface area (Å²) in [5.74, 6) is 0.239. The molecule has 35 heavy (non-hydrogen) atoms. The van der Waals surface area contributed by atoms with Gasteiger partial charge in [-0.25, -0.2) is 0 Å². The van der Waals surface area contributed by atoms with Crippen molar-refractivity contribution in [1.29, 1.82) is 0 Å². The highest BCUT2D eigenvalue weighted by Gasteiger charge is 2.33. The lowest BCUT2D eigenvalue weighted by Gasteiger charge is -2.36. The zero-order valence-corrected chi connectivity index (χ0v) is 19.8. The number of aromatic hydroxyl groups is 1. The van der Waals surface area contributed by atoms with Crippen LogP contribution in [0.1, 0.15) is 31.4 Å². The fourth-order valence-corrected chi connectivity index (χ4v) is 4.45. The number of amides is 2. The van der Waals surface area contributed by atoms with Crippen molar-refractivity contribution in [3.05, 3.63) is 84.4 Å². The average Bonchev–Trinajstić information content (AvgIpc) is 2.88. The van der Waals surface area contributed by atoms with Crippen LogP contribution in [-0.4, -0.2) is 41.5 Å². The van der Waals surface area contributed by atoms with Gasteiger partial charge in [0.1, 0.15) is 17.5 Å². The van der Waals surface area contributed by atoms with Crippen LogP contribution in [0.15, 0.2) is 78.9 Å². The summed E-state index contributed by atoms with van der Waals surface area (Å²) >= 11 is 0. The third-order valence-corrected chi connectivity index (χ3v) is 6.24. The molecule has 0 spiro atoms. The van der Waals surface area contributed by atoms with E-state index in [1.165, 1.54) is 0 Å². The molecule has 0 unspecified atom stereocenters. The molecule has 0 aromatic heterocycles. The number of rotatable bonds is 8. The number of nitrogens with zero attached hydrogens (tertiary/aromatic N) is 1. The first kappa shape index (κ1) is 24.3. The van der Waals surface area contributed by atoms with Gasteiger partial charge in [0, 0.05) is 5.92 Å². The maximum Gasteiger partial charge on any atom is 0.246 e. The van der Waals surface area contributed by atoms with E-state index >= 15 is 0 Å². The molecule has 4 rings (SSSR count). The van der Waals surface area contributed by atoms with E-state index in [0.717, 1.165) is 5.56 Å². The van der Waals surface area contributed by atoms with E-state index in [1.807, 2.05) is 61.5 Å². The van der Waals surface area contributed by atoms with Gasteiger partial charge in [-0.05, 0) is 62.7 Å². The van der Waals surface area contributed by atoms with E-state index in [2.05, 4.69) is 15.5 Å². The molecule has 3 aromatic rings. The van der Waals surface area contributed by atoms with Crippen LogP contribution in [0.5, 0.6) is 11.5 Å². The summed E-state index contributed by atoms with van der Waals surface area (Å²) in [6.45, 7) is 3.61. The van der Waals surface area contributed by atoms with Crippen molar-refractivity contribution in [1.82, 2.24) is 4.90 Å². The monoisotopic (exact) mass is 473 g/mol. The van der Waals surface area contributed by atoms with Gasteiger partial charge in [0.05, 0.1) is 18.0 Å². The van der Waals surface area contributed by atoms with Gasteiger partial charge in [-0.1, -0.05) is 54.6 Å². The SMILES string of the molecule is CCOc1ccccc1NC(=O)[C@@H](c1ccccc1)N1CCC(C(=O)Nc2ccccc2O)CC1. The zero-order chi connectivity index (χ0) is 24.6. The number of phenolic OH excluding ortho intramolecular Hbond substituents is 1. The quantitative estimate of drug-likeness (QED) is 0.408. The van der Waals surface area contributed by atoms with Gasteiger partial charge < -0.3 is 20.5 Å². The molecular weight excluding hydrogens is 442 g/mol. The Morgan fingerprint density at radius 2 is 1.54 bits per heavy atom. The third kappa shape index (κ3) is 6.00. The average molecular weight is 474 g/mol. The molecule has 1 heterocycles. The van der Waals surface area contributed by atoms with Crippen LogP contribution in [0.25, 0.3) is 0 Å². The van der Waals surface area contributed by atoms with Gasteiger partial charge in [-0.15, -0.1) is 0 Å². The first-order chi connectivity index (χ1) is 17.1. The second-order valence-electron chi connectivity index (χ2n) is 8.55. The number of hydrogen-bond donors (Lipinski definition) is 3. The lowest BCUT2D eigenvalue weighted by atomic mass is 9.93. The highest BCUT2D eigenvalue weighted by Crippen LogP contribution is 2.31. The van der Waals surface area contributed by atoms with Crippen molar-refractivity contribution in [2.75, 3.05) is 30.3 Å². The highest BCUT2D eigenvalue weighted by atomic mass is 16.5. The van der Waals surface area contributed by atoms with Gasteiger partial charge in [-0.2, -0.15) is 0 Å². The highest BCUT2D eigenvalue weighted by molar-refractivity contribution is 5.97. The number of para-hydroxylation sites is 4. The lowest BCUT2D eigenvalue weighted by molar-refractivity contribution is -0.124. The van der Waals surface area contributed by atoms with Crippen LogP contribution in [0.4, 0.5) is 11.4 Å². The normalized spacial score (nSPS) is 15.2. The molecule has 3 N–H and O–H groups in total. The Bertz CT molecular complexity index is 1140. The van der Waals surface area contributed by atoms with E-state index in [1.54, 1.807) is 24.3 Å². The summed E-state index contributed by atoms with van der Waals surface area (Å²) in [6.07, 6.45) is 1.23. The number of likely N-dealkylation sites (tertiary alicyclic amines) is 1. The summed E-state index contributed by atoms with van der Waals surface area (Å²) in [7, 11) is 0. The van der Waals surface area contributed by atoms with Crippen LogP contribution >= 0.6 is 0 Å². The number of carbonyl (C=O) groups excluding carboxylic acids is 2. The molecule has 182 valence electrons. The molecule has 0 radical (unpaired) electrons. The molecule has 0 aliphatic carbocycles. The smallest absolute Gasteiger partial charge is 0.246 e. The standard InChI is InChI=1S/C28H31N3O4/c1-2-35-25-15-9-7-13-23(25)30-28(34)26(20-10-4-3-5-11-20)31-18-16-21(17-19-31)27(33)29-22-12-6-8-14-24(22)32/h3-15,21,26,32H,2,16-19H2,1H3,(H,29,33)(H,30,34)/t26-/m1/s1. The minimum absolute atomic E-state index is 0.0476. The Kier molecular flexibility index (Phi) is 8.00. The topological polar surface area (TPSA) is 90.9 Å². The van der Waals surface area contributed by atoms with E-state index in [9.17, 15) is 14.7 Å². The number of piperidine rings is 1.